The van der Waals surface area contributed by atoms with E-state index in [1.807, 2.05) is 30.3 Å². The zero-order chi connectivity index (χ0) is 14.8. The van der Waals surface area contributed by atoms with E-state index in [0.717, 1.165) is 17.4 Å². The Morgan fingerprint density at radius 1 is 1.19 bits per heavy atom. The first kappa shape index (κ1) is 12.7. The lowest BCUT2D eigenvalue weighted by molar-refractivity contribution is 1.29. The summed E-state index contributed by atoms with van der Waals surface area (Å²) in [6.45, 7) is 7.27. The summed E-state index contributed by atoms with van der Waals surface area (Å²) in [6.07, 6.45) is 5.01. The molecule has 1 aliphatic rings. The van der Waals surface area contributed by atoms with Crippen LogP contribution >= 0.6 is 0 Å². The first-order valence-electron chi connectivity index (χ1n) is 6.43. The monoisotopic (exact) mass is 267 g/mol. The Hall–Kier alpha value is -3.35. The molecule has 0 saturated heterocycles. The van der Waals surface area contributed by atoms with E-state index in [1.165, 1.54) is 10.9 Å². The van der Waals surface area contributed by atoms with Gasteiger partial charge in [-0.05, 0) is 33.9 Å². The fourth-order valence-corrected chi connectivity index (χ4v) is 2.69. The molecule has 96 valence electrons. The average Bonchev–Trinajstić information content (AvgIpc) is 2.53. The fraction of sp³-hybridized carbons (Fsp3) is 0.0556. The summed E-state index contributed by atoms with van der Waals surface area (Å²) in [4.78, 5) is 3.38. The second-order valence-corrected chi connectivity index (χ2v) is 4.75. The molecule has 2 aromatic carbocycles. The quantitative estimate of drug-likeness (QED) is 0.577. The predicted molar refractivity (Wildman–Crippen MR) is 81.4 cm³/mol. The molecule has 0 spiro atoms. The van der Waals surface area contributed by atoms with Gasteiger partial charge in [-0.25, -0.2) is 4.85 Å². The lowest BCUT2D eigenvalue weighted by Crippen LogP contribution is -1.95. The van der Waals surface area contributed by atoms with Gasteiger partial charge >= 0.3 is 0 Å². The Bertz CT molecular complexity index is 925. The van der Waals surface area contributed by atoms with E-state index in [-0.39, 0.29) is 11.3 Å². The molecule has 0 aromatic heterocycles. The number of allylic oxidation sites excluding steroid dienone is 2. The second-order valence-electron chi connectivity index (χ2n) is 4.75. The van der Waals surface area contributed by atoms with E-state index in [9.17, 15) is 0 Å². The van der Waals surface area contributed by atoms with Gasteiger partial charge in [0.25, 0.3) is 0 Å². The Labute approximate surface area is 122 Å². The highest BCUT2D eigenvalue weighted by Gasteiger charge is 2.14. The normalized spacial score (nSPS) is 11.3. The molecule has 1 aliphatic carbocycles. The molecule has 3 nitrogen and oxygen atoms in total. The van der Waals surface area contributed by atoms with Crippen LogP contribution in [-0.4, -0.2) is 0 Å². The van der Waals surface area contributed by atoms with Gasteiger partial charge in [0.2, 0.25) is 5.70 Å². The van der Waals surface area contributed by atoms with Crippen molar-refractivity contribution >= 4 is 22.5 Å². The van der Waals surface area contributed by atoms with Crippen LogP contribution in [0.5, 0.6) is 0 Å². The van der Waals surface area contributed by atoms with Crippen LogP contribution in [0.15, 0.2) is 42.0 Å². The van der Waals surface area contributed by atoms with Crippen molar-refractivity contribution in [1.82, 2.24) is 0 Å². The van der Waals surface area contributed by atoms with Gasteiger partial charge in [-0.1, -0.05) is 42.5 Å². The van der Waals surface area contributed by atoms with Gasteiger partial charge < -0.3 is 0 Å². The third-order valence-corrected chi connectivity index (χ3v) is 3.57. The topological polar surface area (TPSA) is 51.9 Å². The summed E-state index contributed by atoms with van der Waals surface area (Å²) in [7, 11) is 0. The molecular formula is C18H9N3. The van der Waals surface area contributed by atoms with Crippen LogP contribution in [0.4, 0.5) is 0 Å². The fourth-order valence-electron chi connectivity index (χ4n) is 2.69. The van der Waals surface area contributed by atoms with Crippen LogP contribution < -0.4 is 0 Å². The third kappa shape index (κ3) is 1.96. The Morgan fingerprint density at radius 2 is 2.00 bits per heavy atom. The minimum absolute atomic E-state index is 0.113. The van der Waals surface area contributed by atoms with E-state index in [1.54, 1.807) is 12.1 Å². The zero-order valence-corrected chi connectivity index (χ0v) is 11.1. The smallest absolute Gasteiger partial charge is 0.222 e. The van der Waals surface area contributed by atoms with E-state index >= 15 is 0 Å². The number of nitrogens with zero attached hydrogens (tertiary/aromatic N) is 3. The molecule has 0 radical (unpaired) electrons. The van der Waals surface area contributed by atoms with Gasteiger partial charge in [-0.3, -0.25) is 0 Å². The highest BCUT2D eigenvalue weighted by atomic mass is 14.7. The molecule has 0 saturated carbocycles. The number of hydrogen-bond acceptors (Lipinski definition) is 2. The van der Waals surface area contributed by atoms with Crippen molar-refractivity contribution in [2.45, 2.75) is 6.42 Å². The first-order valence-corrected chi connectivity index (χ1v) is 6.43. The van der Waals surface area contributed by atoms with Crippen molar-refractivity contribution in [3.8, 4) is 12.1 Å². The summed E-state index contributed by atoms with van der Waals surface area (Å²) >= 11 is 0. The standard InChI is InChI=1S/C18H9N3/c1-21-18(16(10-19)11-20)15-8-13-6-2-4-12-5-3-7-14(9-15)17(12)13/h2-4,6-9H,5H2. The molecule has 0 bridgehead atoms. The highest BCUT2D eigenvalue weighted by Crippen LogP contribution is 2.32. The molecule has 2 aromatic rings. The number of hydrogen-bond donors (Lipinski definition) is 0. The van der Waals surface area contributed by atoms with Gasteiger partial charge in [0.1, 0.15) is 5.57 Å². The molecule has 0 amide bonds. The molecule has 0 unspecified atom stereocenters. The van der Waals surface area contributed by atoms with Crippen molar-refractivity contribution in [2.24, 2.45) is 0 Å². The maximum absolute atomic E-state index is 9.00. The average molecular weight is 267 g/mol. The molecule has 21 heavy (non-hydrogen) atoms. The van der Waals surface area contributed by atoms with Crippen molar-refractivity contribution < 1.29 is 0 Å². The van der Waals surface area contributed by atoms with E-state index in [2.05, 4.69) is 17.0 Å². The van der Waals surface area contributed by atoms with Crippen LogP contribution in [0.2, 0.25) is 0 Å². The Kier molecular flexibility index (Phi) is 3.00. The van der Waals surface area contributed by atoms with Crippen LogP contribution in [0.3, 0.4) is 0 Å². The van der Waals surface area contributed by atoms with Gasteiger partial charge in [0.15, 0.2) is 0 Å². The van der Waals surface area contributed by atoms with Crippen molar-refractivity contribution in [2.75, 3.05) is 0 Å². The van der Waals surface area contributed by atoms with E-state index in [4.69, 9.17) is 17.1 Å². The maximum Gasteiger partial charge on any atom is 0.222 e. The Balaban J connectivity index is 2.37. The van der Waals surface area contributed by atoms with Gasteiger partial charge in [0, 0.05) is 0 Å². The molecule has 0 aliphatic heterocycles. The highest BCUT2D eigenvalue weighted by molar-refractivity contribution is 5.98. The first-order chi connectivity index (χ1) is 10.3. The lowest BCUT2D eigenvalue weighted by atomic mass is 9.90. The van der Waals surface area contributed by atoms with E-state index < -0.39 is 0 Å². The summed E-state index contributed by atoms with van der Waals surface area (Å²) in [5.41, 5.74) is 2.87. The SMILES string of the molecule is [C-]#[N+]C(=C(C#N)C#N)c1cc2c3c(cccc3c1)CC=C2. The predicted octanol–water partition coefficient (Wildman–Crippen LogP) is 4.09. The summed E-state index contributed by atoms with van der Waals surface area (Å²) in [6, 6.07) is 13.4. The molecule has 0 fully saturated rings. The molecular weight excluding hydrogens is 258 g/mol. The lowest BCUT2D eigenvalue weighted by Gasteiger charge is -2.14. The van der Waals surface area contributed by atoms with Crippen LogP contribution in [0, 0.1) is 29.2 Å². The van der Waals surface area contributed by atoms with Crippen LogP contribution in [0.25, 0.3) is 27.4 Å². The van der Waals surface area contributed by atoms with Gasteiger partial charge in [0.05, 0.1) is 18.7 Å². The maximum atomic E-state index is 9.00. The Morgan fingerprint density at radius 3 is 2.71 bits per heavy atom. The van der Waals surface area contributed by atoms with Crippen molar-refractivity contribution in [3.05, 3.63) is 70.1 Å². The number of benzene rings is 2. The van der Waals surface area contributed by atoms with E-state index in [0.29, 0.717) is 5.56 Å². The molecule has 0 atom stereocenters. The van der Waals surface area contributed by atoms with Crippen LogP contribution in [0.1, 0.15) is 16.7 Å². The minimum atomic E-state index is -0.146. The molecule has 3 heteroatoms. The third-order valence-electron chi connectivity index (χ3n) is 3.57. The van der Waals surface area contributed by atoms with Crippen molar-refractivity contribution in [3.63, 3.8) is 0 Å². The van der Waals surface area contributed by atoms with Gasteiger partial charge in [-0.15, -0.1) is 0 Å². The zero-order valence-electron chi connectivity index (χ0n) is 11.1. The molecule has 0 N–H and O–H groups in total. The minimum Gasteiger partial charge on any atom is -0.235 e. The van der Waals surface area contributed by atoms with Crippen LogP contribution in [-0.2, 0) is 6.42 Å². The molecule has 3 rings (SSSR count). The number of rotatable bonds is 1. The summed E-state index contributed by atoms with van der Waals surface area (Å²) in [5, 5.41) is 20.2. The largest absolute Gasteiger partial charge is 0.235 e. The summed E-state index contributed by atoms with van der Waals surface area (Å²) in [5.74, 6) is 0. The second kappa shape index (κ2) is 4.97. The molecule has 0 heterocycles. The summed E-state index contributed by atoms with van der Waals surface area (Å²) < 4.78 is 0. The number of nitriles is 2. The van der Waals surface area contributed by atoms with Crippen molar-refractivity contribution in [1.29, 1.82) is 10.5 Å². The van der Waals surface area contributed by atoms with Gasteiger partial charge in [-0.2, -0.15) is 10.5 Å².